The molecule has 0 radical (unpaired) electrons. The number of nitrogens with two attached hydrogens (primary N) is 1. The fourth-order valence-corrected chi connectivity index (χ4v) is 2.44. The summed E-state index contributed by atoms with van der Waals surface area (Å²) in [6.07, 6.45) is 2.78. The molecular formula is C12H25N3OS. The quantitative estimate of drug-likeness (QED) is 0.622. The predicted molar refractivity (Wildman–Crippen MR) is 74.3 cm³/mol. The highest BCUT2D eigenvalue weighted by Crippen LogP contribution is 2.18. The van der Waals surface area contributed by atoms with Gasteiger partial charge >= 0.3 is 0 Å². The molecule has 1 aliphatic rings. The Bertz CT molecular complexity index is 238. The summed E-state index contributed by atoms with van der Waals surface area (Å²) in [6.45, 7) is 4.61. The second-order valence-corrected chi connectivity index (χ2v) is 5.26. The monoisotopic (exact) mass is 259 g/mol. The van der Waals surface area contributed by atoms with Gasteiger partial charge in [-0.25, -0.2) is 0 Å². The topological polar surface area (TPSA) is 49.6 Å². The van der Waals surface area contributed by atoms with Gasteiger partial charge in [0.15, 0.2) is 0 Å². The average Bonchev–Trinajstić information content (AvgIpc) is 2.68. The third-order valence-electron chi connectivity index (χ3n) is 3.26. The molecule has 0 bridgehead atoms. The van der Waals surface area contributed by atoms with Crippen molar-refractivity contribution >= 4 is 18.5 Å². The summed E-state index contributed by atoms with van der Waals surface area (Å²) in [5, 5.41) is 0. The first-order chi connectivity index (χ1) is 8.17. The Labute approximate surface area is 110 Å². The number of hydrogen-bond acceptors (Lipinski definition) is 4. The predicted octanol–water partition coefficient (Wildman–Crippen LogP) is 0.435. The minimum atomic E-state index is 0.300. The molecule has 1 fully saturated rings. The van der Waals surface area contributed by atoms with E-state index >= 15 is 0 Å². The lowest BCUT2D eigenvalue weighted by Crippen LogP contribution is -2.30. The van der Waals surface area contributed by atoms with E-state index in [1.165, 1.54) is 0 Å². The normalized spacial score (nSPS) is 20.6. The van der Waals surface area contributed by atoms with E-state index in [4.69, 9.17) is 5.73 Å². The van der Waals surface area contributed by atoms with E-state index in [1.807, 2.05) is 4.90 Å². The number of carbonyl (C=O) groups is 1. The fourth-order valence-electron chi connectivity index (χ4n) is 2.20. The molecule has 0 aromatic rings. The number of rotatable bonds is 8. The lowest BCUT2D eigenvalue weighted by atomic mass is 10.1. The summed E-state index contributed by atoms with van der Waals surface area (Å²) in [5.74, 6) is 1.58. The first-order valence-corrected chi connectivity index (χ1v) is 7.08. The molecule has 4 nitrogen and oxygen atoms in total. The molecule has 1 aliphatic heterocycles. The van der Waals surface area contributed by atoms with Crippen LogP contribution < -0.4 is 5.73 Å². The van der Waals surface area contributed by atoms with Crippen LogP contribution in [0.4, 0.5) is 0 Å². The minimum absolute atomic E-state index is 0.300. The molecule has 1 atom stereocenters. The highest BCUT2D eigenvalue weighted by atomic mass is 32.1. The van der Waals surface area contributed by atoms with E-state index in [0.717, 1.165) is 51.3 Å². The van der Waals surface area contributed by atoms with Gasteiger partial charge in [0, 0.05) is 19.5 Å². The number of likely N-dealkylation sites (tertiary alicyclic amines) is 1. The van der Waals surface area contributed by atoms with E-state index in [-0.39, 0.29) is 0 Å². The van der Waals surface area contributed by atoms with E-state index in [1.54, 1.807) is 0 Å². The summed E-state index contributed by atoms with van der Waals surface area (Å²) < 4.78 is 0. The molecule has 100 valence electrons. The van der Waals surface area contributed by atoms with Gasteiger partial charge in [0.25, 0.3) is 0 Å². The fraction of sp³-hybridized carbons (Fsp3) is 0.917. The number of nitrogens with zero attached hydrogens (tertiary/aromatic N) is 2. The van der Waals surface area contributed by atoms with Crippen molar-refractivity contribution in [3.63, 3.8) is 0 Å². The van der Waals surface area contributed by atoms with Crippen LogP contribution in [0.5, 0.6) is 0 Å². The van der Waals surface area contributed by atoms with Crippen molar-refractivity contribution in [2.24, 2.45) is 11.7 Å². The number of carbonyl (C=O) groups excluding carboxylic acids is 1. The minimum Gasteiger partial charge on any atom is -0.342 e. The number of amides is 1. The van der Waals surface area contributed by atoms with Gasteiger partial charge in [-0.2, -0.15) is 12.6 Å². The lowest BCUT2D eigenvalue weighted by Gasteiger charge is -2.20. The summed E-state index contributed by atoms with van der Waals surface area (Å²) in [6, 6.07) is 0. The largest absolute Gasteiger partial charge is 0.342 e. The van der Waals surface area contributed by atoms with Gasteiger partial charge in [-0.3, -0.25) is 4.79 Å². The standard InChI is InChI=1S/C12H25N3OS/c1-14(5-2-4-13)6-3-7-15-9-11(10-17)8-12(15)16/h11,17H,2-10,13H2,1H3. The van der Waals surface area contributed by atoms with Crippen molar-refractivity contribution in [2.75, 3.05) is 45.5 Å². The second-order valence-electron chi connectivity index (χ2n) is 4.89. The highest BCUT2D eigenvalue weighted by molar-refractivity contribution is 7.80. The zero-order chi connectivity index (χ0) is 12.7. The van der Waals surface area contributed by atoms with Crippen molar-refractivity contribution in [1.82, 2.24) is 9.80 Å². The van der Waals surface area contributed by atoms with Gasteiger partial charge in [-0.1, -0.05) is 0 Å². The van der Waals surface area contributed by atoms with Crippen LogP contribution in [0, 0.1) is 5.92 Å². The number of thiol groups is 1. The summed E-state index contributed by atoms with van der Waals surface area (Å²) in [5.41, 5.74) is 5.47. The SMILES string of the molecule is CN(CCCN)CCCN1CC(CS)CC1=O. The van der Waals surface area contributed by atoms with Gasteiger partial charge in [-0.15, -0.1) is 0 Å². The molecule has 1 amide bonds. The molecule has 0 aliphatic carbocycles. The van der Waals surface area contributed by atoms with Crippen molar-refractivity contribution in [1.29, 1.82) is 0 Å². The molecule has 0 aromatic carbocycles. The maximum absolute atomic E-state index is 11.7. The Morgan fingerprint density at radius 2 is 2.18 bits per heavy atom. The molecule has 2 N–H and O–H groups in total. The van der Waals surface area contributed by atoms with Crippen LogP contribution in [0.15, 0.2) is 0 Å². The molecular weight excluding hydrogens is 234 g/mol. The molecule has 0 aromatic heterocycles. The molecule has 17 heavy (non-hydrogen) atoms. The molecule has 1 rings (SSSR count). The smallest absolute Gasteiger partial charge is 0.222 e. The molecule has 1 unspecified atom stereocenters. The van der Waals surface area contributed by atoms with Crippen molar-refractivity contribution in [3.05, 3.63) is 0 Å². The van der Waals surface area contributed by atoms with Gasteiger partial charge in [0.1, 0.15) is 0 Å². The second kappa shape index (κ2) is 7.95. The van der Waals surface area contributed by atoms with E-state index in [2.05, 4.69) is 24.6 Å². The molecule has 1 saturated heterocycles. The molecule has 1 heterocycles. The van der Waals surface area contributed by atoms with Gasteiger partial charge in [0.2, 0.25) is 5.91 Å². The summed E-state index contributed by atoms with van der Waals surface area (Å²) >= 11 is 4.26. The highest BCUT2D eigenvalue weighted by Gasteiger charge is 2.27. The zero-order valence-electron chi connectivity index (χ0n) is 10.8. The van der Waals surface area contributed by atoms with Crippen LogP contribution in [-0.2, 0) is 4.79 Å². The molecule has 0 spiro atoms. The van der Waals surface area contributed by atoms with E-state index in [0.29, 0.717) is 18.2 Å². The lowest BCUT2D eigenvalue weighted by molar-refractivity contribution is -0.127. The van der Waals surface area contributed by atoms with Crippen LogP contribution in [0.25, 0.3) is 0 Å². The van der Waals surface area contributed by atoms with E-state index < -0.39 is 0 Å². The first kappa shape index (κ1) is 14.8. The maximum Gasteiger partial charge on any atom is 0.222 e. The average molecular weight is 259 g/mol. The van der Waals surface area contributed by atoms with Crippen molar-refractivity contribution in [2.45, 2.75) is 19.3 Å². The Hall–Kier alpha value is -0.260. The van der Waals surface area contributed by atoms with Crippen molar-refractivity contribution < 1.29 is 4.79 Å². The molecule has 5 heteroatoms. The van der Waals surface area contributed by atoms with Gasteiger partial charge in [-0.05, 0) is 51.2 Å². The van der Waals surface area contributed by atoms with E-state index in [9.17, 15) is 4.79 Å². The Morgan fingerprint density at radius 3 is 2.76 bits per heavy atom. The summed E-state index contributed by atoms with van der Waals surface area (Å²) in [7, 11) is 2.11. The van der Waals surface area contributed by atoms with Gasteiger partial charge in [0.05, 0.1) is 0 Å². The Balaban J connectivity index is 2.12. The zero-order valence-corrected chi connectivity index (χ0v) is 11.7. The third-order valence-corrected chi connectivity index (χ3v) is 3.78. The van der Waals surface area contributed by atoms with Crippen LogP contribution in [-0.4, -0.2) is 61.2 Å². The first-order valence-electron chi connectivity index (χ1n) is 6.44. The third kappa shape index (κ3) is 5.27. The maximum atomic E-state index is 11.7. The van der Waals surface area contributed by atoms with Crippen LogP contribution >= 0.6 is 12.6 Å². The number of hydrogen-bond donors (Lipinski definition) is 2. The Morgan fingerprint density at radius 1 is 1.47 bits per heavy atom. The van der Waals surface area contributed by atoms with Gasteiger partial charge < -0.3 is 15.5 Å². The van der Waals surface area contributed by atoms with Crippen LogP contribution in [0.1, 0.15) is 19.3 Å². The van der Waals surface area contributed by atoms with Crippen LogP contribution in [0.2, 0.25) is 0 Å². The molecule has 0 saturated carbocycles. The summed E-state index contributed by atoms with van der Waals surface area (Å²) in [4.78, 5) is 15.9. The Kier molecular flexibility index (Phi) is 6.92. The van der Waals surface area contributed by atoms with Crippen molar-refractivity contribution in [3.8, 4) is 0 Å². The van der Waals surface area contributed by atoms with Crippen LogP contribution in [0.3, 0.4) is 0 Å².